The molecule has 0 unspecified atom stereocenters. The standard InChI is InChI=1S/C6H9O3.2O.Ti/c1-5(6(8)9)3-2-4-7;;;/h7H,2,4H2,1H3,(H,8,9);;;/q-1;;;. The summed E-state index contributed by atoms with van der Waals surface area (Å²) in [6.07, 6.45) is 2.79. The number of carboxylic acids is 1. The topological polar surface area (TPSA) is 91.7 Å². The van der Waals surface area contributed by atoms with E-state index >= 15 is 0 Å². The van der Waals surface area contributed by atoms with Crippen LogP contribution in [0.3, 0.4) is 0 Å². The molecule has 6 heteroatoms. The van der Waals surface area contributed by atoms with E-state index in [1.54, 1.807) is 0 Å². The summed E-state index contributed by atoms with van der Waals surface area (Å²) in [6, 6.07) is 0. The first-order valence-corrected chi connectivity index (χ1v) is 4.28. The quantitative estimate of drug-likeness (QED) is 0.386. The molecule has 0 bridgehead atoms. The minimum absolute atomic E-state index is 0.0510. The number of hydrogen-bond donors (Lipinski definition) is 2. The average Bonchev–Trinajstić information content (AvgIpc) is 2.01. The van der Waals surface area contributed by atoms with Gasteiger partial charge in [-0.2, -0.15) is 0 Å². The number of aliphatic hydroxyl groups is 1. The monoisotopic (exact) mass is 209 g/mol. The van der Waals surface area contributed by atoms with Gasteiger partial charge in [0, 0.05) is 6.61 Å². The van der Waals surface area contributed by atoms with E-state index in [0.29, 0.717) is 0 Å². The van der Waals surface area contributed by atoms with Crippen molar-refractivity contribution in [1.82, 2.24) is 0 Å². The van der Waals surface area contributed by atoms with Gasteiger partial charge in [-0.15, -0.1) is 5.57 Å². The molecule has 0 fully saturated rings. The number of aliphatic hydroxyl groups excluding tert-OH is 1. The Morgan fingerprint density at radius 3 is 2.17 bits per heavy atom. The molecule has 5 nitrogen and oxygen atoms in total. The van der Waals surface area contributed by atoms with Crippen LogP contribution in [0.5, 0.6) is 0 Å². The van der Waals surface area contributed by atoms with Gasteiger partial charge < -0.3 is 15.0 Å². The Balaban J connectivity index is 0. The van der Waals surface area contributed by atoms with E-state index in [1.165, 1.54) is 6.92 Å². The third-order valence-corrected chi connectivity index (χ3v) is 0.823. The van der Waals surface area contributed by atoms with Crippen molar-refractivity contribution in [3.05, 3.63) is 11.6 Å². The van der Waals surface area contributed by atoms with Crippen LogP contribution in [0, 0.1) is 6.08 Å². The van der Waals surface area contributed by atoms with Gasteiger partial charge in [0.1, 0.15) is 0 Å². The van der Waals surface area contributed by atoms with E-state index in [0.717, 1.165) is 0 Å². The van der Waals surface area contributed by atoms with E-state index in [2.05, 4.69) is 6.08 Å². The van der Waals surface area contributed by atoms with Crippen LogP contribution in [-0.2, 0) is 30.5 Å². The fourth-order valence-electron chi connectivity index (χ4n) is 0.319. The zero-order chi connectivity index (χ0) is 9.98. The number of carbonyl (C=O) groups is 1. The molecule has 0 aliphatic carbocycles. The fourth-order valence-corrected chi connectivity index (χ4v) is 0.319. The molecule has 0 saturated carbocycles. The molecule has 68 valence electrons. The molecular formula is C6H9O5Ti-. The molecule has 2 N–H and O–H groups in total. The molecule has 12 heavy (non-hydrogen) atoms. The number of rotatable bonds is 3. The predicted octanol–water partition coefficient (Wildman–Crippen LogP) is -0.0372. The van der Waals surface area contributed by atoms with Crippen molar-refractivity contribution in [2.75, 3.05) is 6.61 Å². The Kier molecular flexibility index (Phi) is 12.3. The molecule has 0 aromatic rings. The second kappa shape index (κ2) is 10.5. The molecule has 0 aromatic heterocycles. The first-order chi connectivity index (χ1) is 5.59. The Morgan fingerprint density at radius 1 is 1.50 bits per heavy atom. The zero-order valence-corrected chi connectivity index (χ0v) is 8.09. The van der Waals surface area contributed by atoms with Crippen LogP contribution in [-0.4, -0.2) is 22.8 Å². The summed E-state index contributed by atoms with van der Waals surface area (Å²) in [5.41, 5.74) is 0.157. The molecule has 0 saturated heterocycles. The van der Waals surface area contributed by atoms with Crippen LogP contribution in [0.4, 0.5) is 0 Å². The zero-order valence-electron chi connectivity index (χ0n) is 6.53. The Morgan fingerprint density at radius 2 is 1.92 bits per heavy atom. The SMILES string of the molecule is CC(=[C-]CCO)C(=O)O.[O]=[Ti]=[O]. The molecule has 0 radical (unpaired) electrons. The van der Waals surface area contributed by atoms with Crippen LogP contribution in [0.2, 0.25) is 0 Å². The summed E-state index contributed by atoms with van der Waals surface area (Å²) in [4.78, 5) is 10.0. The van der Waals surface area contributed by atoms with Crippen molar-refractivity contribution in [2.45, 2.75) is 13.3 Å². The maximum atomic E-state index is 10.0. The Labute approximate surface area is 78.7 Å². The second-order valence-electron chi connectivity index (χ2n) is 1.66. The predicted molar refractivity (Wildman–Crippen MR) is 33.1 cm³/mol. The molecule has 0 aliphatic heterocycles. The van der Waals surface area contributed by atoms with Crippen molar-refractivity contribution >= 4 is 5.97 Å². The maximum absolute atomic E-state index is 10.0. The van der Waals surface area contributed by atoms with Gasteiger partial charge in [0.2, 0.25) is 0 Å². The van der Waals surface area contributed by atoms with Gasteiger partial charge in [-0.25, -0.2) is 0 Å². The third kappa shape index (κ3) is 12.2. The van der Waals surface area contributed by atoms with E-state index in [4.69, 9.17) is 16.9 Å². The van der Waals surface area contributed by atoms with Crippen LogP contribution >= 0.6 is 0 Å². The van der Waals surface area contributed by atoms with Crippen LogP contribution in [0.1, 0.15) is 13.3 Å². The first-order valence-electron chi connectivity index (χ1n) is 3.01. The molecule has 0 amide bonds. The van der Waals surface area contributed by atoms with Gasteiger partial charge >= 0.3 is 25.7 Å². The van der Waals surface area contributed by atoms with E-state index in [1.807, 2.05) is 0 Å². The van der Waals surface area contributed by atoms with Crippen molar-refractivity contribution in [3.63, 3.8) is 0 Å². The van der Waals surface area contributed by atoms with E-state index in [-0.39, 0.29) is 18.6 Å². The van der Waals surface area contributed by atoms with Crippen molar-refractivity contribution in [3.8, 4) is 0 Å². The summed E-state index contributed by atoms with van der Waals surface area (Å²) in [5, 5.41) is 16.5. The van der Waals surface area contributed by atoms with E-state index in [9.17, 15) is 4.79 Å². The average molecular weight is 209 g/mol. The fraction of sp³-hybridized carbons (Fsp3) is 0.500. The molecule has 0 aromatic carbocycles. The Hall–Kier alpha value is -0.516. The van der Waals surface area contributed by atoms with Crippen LogP contribution in [0.25, 0.3) is 0 Å². The van der Waals surface area contributed by atoms with Crippen molar-refractivity contribution in [2.24, 2.45) is 0 Å². The minimum atomic E-state index is -2.00. The normalized spacial score (nSPS) is 9.33. The molecule has 0 aliphatic rings. The first kappa shape index (κ1) is 14.0. The van der Waals surface area contributed by atoms with Crippen molar-refractivity contribution < 1.29 is 40.7 Å². The molecule has 0 atom stereocenters. The Bertz CT molecular complexity index is 192. The van der Waals surface area contributed by atoms with Gasteiger partial charge in [0.25, 0.3) is 0 Å². The molecule has 0 rings (SSSR count). The van der Waals surface area contributed by atoms with E-state index < -0.39 is 25.1 Å². The molecule has 0 spiro atoms. The number of carboxylic acid groups (broad SMARTS) is 1. The van der Waals surface area contributed by atoms with Crippen LogP contribution < -0.4 is 0 Å². The number of aliphatic carboxylic acids is 1. The van der Waals surface area contributed by atoms with Crippen LogP contribution in [0.15, 0.2) is 5.57 Å². The summed E-state index contributed by atoms with van der Waals surface area (Å²) in [5.74, 6) is -0.983. The van der Waals surface area contributed by atoms with Gasteiger partial charge in [-0.1, -0.05) is 13.3 Å². The van der Waals surface area contributed by atoms with Gasteiger partial charge in [0.15, 0.2) is 5.97 Å². The second-order valence-corrected chi connectivity index (χ2v) is 1.92. The summed E-state index contributed by atoms with van der Waals surface area (Å²) >= 11 is -2.00. The van der Waals surface area contributed by atoms with Gasteiger partial charge in [-0.3, -0.25) is 6.08 Å². The summed E-state index contributed by atoms with van der Waals surface area (Å²) < 4.78 is 17.0. The summed E-state index contributed by atoms with van der Waals surface area (Å²) in [6.45, 7) is 1.39. The third-order valence-electron chi connectivity index (χ3n) is 0.823. The summed E-state index contributed by atoms with van der Waals surface area (Å²) in [7, 11) is 0. The van der Waals surface area contributed by atoms with Crippen molar-refractivity contribution in [1.29, 1.82) is 0 Å². The molecular weight excluding hydrogens is 200 g/mol. The number of hydrogen-bond acceptors (Lipinski definition) is 4. The van der Waals surface area contributed by atoms with Gasteiger partial charge in [0.05, 0.1) is 0 Å². The van der Waals surface area contributed by atoms with Gasteiger partial charge in [-0.05, 0) is 0 Å². The molecule has 0 heterocycles.